The van der Waals surface area contributed by atoms with E-state index < -0.39 is 15.8 Å². The Balaban J connectivity index is 3.51. The van der Waals surface area contributed by atoms with Crippen molar-refractivity contribution in [3.63, 3.8) is 0 Å². The van der Waals surface area contributed by atoms with Crippen molar-refractivity contribution in [1.82, 2.24) is 0 Å². The molecule has 0 amide bonds. The largest absolute Gasteiger partial charge is 0.294 e. The van der Waals surface area contributed by atoms with Gasteiger partial charge in [0.2, 0.25) is 0 Å². The lowest BCUT2D eigenvalue weighted by Crippen LogP contribution is -2.04. The number of carbonyl (C=O) groups excluding carboxylic acids is 1. The molecule has 0 unspecified atom stereocenters. The van der Waals surface area contributed by atoms with Gasteiger partial charge in [-0.25, -0.2) is 8.42 Å². The zero-order chi connectivity index (χ0) is 11.5. The van der Waals surface area contributed by atoms with Crippen molar-refractivity contribution in [2.45, 2.75) is 11.8 Å². The molecule has 0 saturated heterocycles. The Morgan fingerprint density at radius 3 is 2.53 bits per heavy atom. The van der Waals surface area contributed by atoms with Gasteiger partial charge in [-0.2, -0.15) is 0 Å². The third kappa shape index (κ3) is 2.34. The first-order valence-electron chi connectivity index (χ1n) is 3.90. The summed E-state index contributed by atoms with van der Waals surface area (Å²) in [7, 11) is -4.10. The van der Waals surface area contributed by atoms with Crippen molar-refractivity contribution in [1.29, 1.82) is 0 Å². The normalized spacial score (nSPS) is 10.5. The molecule has 0 aliphatic heterocycles. The highest BCUT2D eigenvalue weighted by Crippen LogP contribution is 2.18. The number of carbonyl (C=O) groups is 1. The van der Waals surface area contributed by atoms with Crippen LogP contribution < -0.4 is 0 Å². The lowest BCUT2D eigenvalue weighted by Gasteiger charge is -2.02. The van der Waals surface area contributed by atoms with Crippen LogP contribution in [0.5, 0.6) is 0 Å². The summed E-state index contributed by atoms with van der Waals surface area (Å²) in [5, 5.41) is 0. The molecule has 0 aromatic heterocycles. The van der Waals surface area contributed by atoms with E-state index in [1.807, 2.05) is 0 Å². The maximum absolute atomic E-state index is 11.4. The summed E-state index contributed by atoms with van der Waals surface area (Å²) < 4.78 is 25.4. The molecule has 78 valence electrons. The Morgan fingerprint density at radius 1 is 1.40 bits per heavy atom. The Hall–Kier alpha value is -1.85. The maximum Gasteiger partial charge on any atom is 0.265 e. The molecule has 6 nitrogen and oxygen atoms in total. The summed E-state index contributed by atoms with van der Waals surface area (Å²) in [6.45, 7) is 1.24. The molecule has 0 N–H and O–H groups in total. The molecule has 0 heterocycles. The molecule has 15 heavy (non-hydrogen) atoms. The van der Waals surface area contributed by atoms with Gasteiger partial charge in [0.15, 0.2) is 5.78 Å². The fourth-order valence-corrected chi connectivity index (χ4v) is 2.00. The van der Waals surface area contributed by atoms with Crippen LogP contribution in [0.25, 0.3) is 10.4 Å². The van der Waals surface area contributed by atoms with E-state index in [9.17, 15) is 13.2 Å². The van der Waals surface area contributed by atoms with E-state index in [1.54, 1.807) is 0 Å². The molecule has 1 rings (SSSR count). The number of ketones is 1. The predicted octanol–water partition coefficient (Wildman–Crippen LogP) is 1.89. The molecular formula is C8H7N3O3S. The van der Waals surface area contributed by atoms with Crippen molar-refractivity contribution < 1.29 is 13.2 Å². The van der Waals surface area contributed by atoms with Crippen LogP contribution in [0.15, 0.2) is 33.7 Å². The third-order valence-corrected chi connectivity index (χ3v) is 2.89. The fraction of sp³-hybridized carbons (Fsp3) is 0.125. The highest BCUT2D eigenvalue weighted by molar-refractivity contribution is 7.90. The lowest BCUT2D eigenvalue weighted by atomic mass is 10.1. The van der Waals surface area contributed by atoms with Gasteiger partial charge >= 0.3 is 0 Å². The van der Waals surface area contributed by atoms with Crippen LogP contribution in [-0.2, 0) is 10.0 Å². The number of nitrogens with zero attached hydrogens (tertiary/aromatic N) is 3. The summed E-state index contributed by atoms with van der Waals surface area (Å²) in [6.07, 6.45) is 0. The van der Waals surface area contributed by atoms with Gasteiger partial charge < -0.3 is 0 Å². The number of sulfonamides is 1. The highest BCUT2D eigenvalue weighted by atomic mass is 32.2. The predicted molar refractivity (Wildman–Crippen MR) is 52.8 cm³/mol. The minimum Gasteiger partial charge on any atom is -0.294 e. The highest BCUT2D eigenvalue weighted by Gasteiger charge is 2.18. The molecule has 1 aromatic rings. The molecule has 0 spiro atoms. The molecule has 0 fully saturated rings. The van der Waals surface area contributed by atoms with Crippen LogP contribution in [0.1, 0.15) is 17.3 Å². The van der Waals surface area contributed by atoms with Crippen molar-refractivity contribution in [3.8, 4) is 0 Å². The van der Waals surface area contributed by atoms with E-state index in [-0.39, 0.29) is 10.5 Å². The number of hydrogen-bond donors (Lipinski definition) is 0. The summed E-state index contributed by atoms with van der Waals surface area (Å²) in [5.41, 5.74) is 8.11. The number of Topliss-reactive ketones (excluding diaryl/α,β-unsaturated/α-hetero) is 1. The van der Waals surface area contributed by atoms with Crippen LogP contribution in [0.3, 0.4) is 0 Å². The Bertz CT molecular complexity index is 544. The quantitative estimate of drug-likeness (QED) is 0.339. The maximum atomic E-state index is 11.4. The molecular weight excluding hydrogens is 218 g/mol. The van der Waals surface area contributed by atoms with Crippen LogP contribution in [-0.4, -0.2) is 14.2 Å². The van der Waals surface area contributed by atoms with E-state index in [4.69, 9.17) is 5.53 Å². The monoisotopic (exact) mass is 225 g/mol. The number of benzene rings is 1. The molecule has 0 atom stereocenters. The average molecular weight is 225 g/mol. The Kier molecular flexibility index (Phi) is 3.08. The lowest BCUT2D eigenvalue weighted by molar-refractivity contribution is 0.101. The van der Waals surface area contributed by atoms with E-state index in [0.29, 0.717) is 0 Å². The Labute approximate surface area is 86.2 Å². The van der Waals surface area contributed by atoms with Crippen molar-refractivity contribution in [2.75, 3.05) is 0 Å². The first-order valence-corrected chi connectivity index (χ1v) is 5.34. The summed E-state index contributed by atoms with van der Waals surface area (Å²) in [6, 6.07) is 5.57. The molecule has 0 saturated carbocycles. The van der Waals surface area contributed by atoms with Gasteiger partial charge in [-0.05, 0) is 18.5 Å². The van der Waals surface area contributed by atoms with Gasteiger partial charge in [0.05, 0.1) is 4.90 Å². The van der Waals surface area contributed by atoms with Crippen molar-refractivity contribution in [2.24, 2.45) is 4.52 Å². The molecule has 0 aliphatic carbocycles. The fourth-order valence-electron chi connectivity index (χ4n) is 1.07. The minimum atomic E-state index is -4.10. The first-order chi connectivity index (χ1) is 6.99. The summed E-state index contributed by atoms with van der Waals surface area (Å²) in [4.78, 5) is 13.1. The standard InChI is InChI=1S/C8H7N3O3S/c1-6(12)7-4-2-3-5-8(7)15(13,14)11-10-9/h2-5H,1H3. The molecule has 0 radical (unpaired) electrons. The number of hydrogen-bond acceptors (Lipinski definition) is 3. The zero-order valence-corrected chi connectivity index (χ0v) is 8.60. The van der Waals surface area contributed by atoms with Gasteiger partial charge in [0, 0.05) is 15.0 Å². The Morgan fingerprint density at radius 2 is 2.00 bits per heavy atom. The first kappa shape index (κ1) is 11.2. The number of azide groups is 1. The second kappa shape index (κ2) is 4.12. The van der Waals surface area contributed by atoms with Crippen molar-refractivity contribution >= 4 is 15.8 Å². The SMILES string of the molecule is CC(=O)c1ccccc1S(=O)(=O)N=[N+]=[N-]. The van der Waals surface area contributed by atoms with E-state index in [2.05, 4.69) is 9.43 Å². The van der Waals surface area contributed by atoms with Crippen LogP contribution in [0.4, 0.5) is 0 Å². The van der Waals surface area contributed by atoms with E-state index >= 15 is 0 Å². The van der Waals surface area contributed by atoms with Gasteiger partial charge in [-0.15, -0.1) is 0 Å². The van der Waals surface area contributed by atoms with Gasteiger partial charge in [-0.1, -0.05) is 18.2 Å². The van der Waals surface area contributed by atoms with Gasteiger partial charge in [0.25, 0.3) is 10.0 Å². The topological polar surface area (TPSA) is 100.0 Å². The zero-order valence-electron chi connectivity index (χ0n) is 7.78. The molecule has 0 aliphatic rings. The molecule has 0 bridgehead atoms. The van der Waals surface area contributed by atoms with E-state index in [1.165, 1.54) is 31.2 Å². The molecule has 1 aromatic carbocycles. The second-order valence-electron chi connectivity index (χ2n) is 2.70. The average Bonchev–Trinajstić information content (AvgIpc) is 2.17. The minimum absolute atomic E-state index is 0.0184. The van der Waals surface area contributed by atoms with Crippen molar-refractivity contribution in [3.05, 3.63) is 40.3 Å². The van der Waals surface area contributed by atoms with Crippen LogP contribution >= 0.6 is 0 Å². The second-order valence-corrected chi connectivity index (χ2v) is 4.25. The third-order valence-electron chi connectivity index (χ3n) is 1.69. The van der Waals surface area contributed by atoms with Crippen LogP contribution in [0.2, 0.25) is 0 Å². The van der Waals surface area contributed by atoms with Gasteiger partial charge in [-0.3, -0.25) is 4.79 Å². The molecule has 7 heteroatoms. The van der Waals surface area contributed by atoms with Gasteiger partial charge in [0.1, 0.15) is 0 Å². The summed E-state index contributed by atoms with van der Waals surface area (Å²) >= 11 is 0. The summed E-state index contributed by atoms with van der Waals surface area (Å²) in [5.74, 6) is -0.401. The smallest absolute Gasteiger partial charge is 0.265 e. The van der Waals surface area contributed by atoms with Crippen LogP contribution in [0, 0.1) is 0 Å². The van der Waals surface area contributed by atoms with E-state index in [0.717, 1.165) is 0 Å². The number of rotatable bonds is 3.